The van der Waals surface area contributed by atoms with Crippen molar-refractivity contribution < 1.29 is 17.9 Å². The first-order valence-electron chi connectivity index (χ1n) is 8.88. The Kier molecular flexibility index (Phi) is 7.17. The van der Waals surface area contributed by atoms with Gasteiger partial charge in [-0.1, -0.05) is 29.8 Å². The molecule has 148 valence electrons. The number of ether oxygens (including phenoxy) is 2. The van der Waals surface area contributed by atoms with Gasteiger partial charge in [0.15, 0.2) is 6.29 Å². The van der Waals surface area contributed by atoms with E-state index in [2.05, 4.69) is 13.8 Å². The second kappa shape index (κ2) is 8.97. The van der Waals surface area contributed by atoms with E-state index in [1.165, 1.54) is 29.7 Å². The van der Waals surface area contributed by atoms with E-state index >= 15 is 0 Å². The molecule has 0 heterocycles. The van der Waals surface area contributed by atoms with E-state index in [4.69, 9.17) is 9.47 Å². The van der Waals surface area contributed by atoms with Gasteiger partial charge in [-0.05, 0) is 62.1 Å². The maximum atomic E-state index is 13.3. The van der Waals surface area contributed by atoms with Gasteiger partial charge < -0.3 is 9.47 Å². The number of rotatable bonds is 8. The third kappa shape index (κ3) is 4.96. The second-order valence-electron chi connectivity index (χ2n) is 6.80. The largest absolute Gasteiger partial charge is 0.354 e. The summed E-state index contributed by atoms with van der Waals surface area (Å²) in [6.45, 7) is 8.43. The van der Waals surface area contributed by atoms with Crippen molar-refractivity contribution in [3.05, 3.63) is 64.2 Å². The summed E-state index contributed by atoms with van der Waals surface area (Å²) >= 11 is 0. The number of benzene rings is 2. The topological polar surface area (TPSA) is 55.8 Å². The Labute approximate surface area is 163 Å². The zero-order valence-corrected chi connectivity index (χ0v) is 17.8. The maximum Gasteiger partial charge on any atom is 0.243 e. The van der Waals surface area contributed by atoms with Gasteiger partial charge in [0.05, 0.1) is 11.4 Å². The molecular weight excluding hydrogens is 362 g/mol. The molecule has 0 spiro atoms. The molecule has 0 amide bonds. The molecule has 0 unspecified atom stereocenters. The van der Waals surface area contributed by atoms with Crippen molar-refractivity contribution in [2.24, 2.45) is 0 Å². The normalized spacial score (nSPS) is 12.1. The minimum atomic E-state index is -3.70. The van der Waals surface area contributed by atoms with Gasteiger partial charge in [-0.2, -0.15) is 4.31 Å². The Morgan fingerprint density at radius 2 is 1.48 bits per heavy atom. The van der Waals surface area contributed by atoms with Crippen LogP contribution in [0.4, 0.5) is 0 Å². The number of hydrogen-bond acceptors (Lipinski definition) is 4. The number of hydrogen-bond donors (Lipinski definition) is 0. The lowest BCUT2D eigenvalue weighted by Gasteiger charge is -2.27. The maximum absolute atomic E-state index is 13.3. The number of sulfonamides is 1. The zero-order chi connectivity index (χ0) is 20.2. The molecule has 6 heteroatoms. The van der Waals surface area contributed by atoms with Gasteiger partial charge in [-0.3, -0.25) is 0 Å². The molecule has 0 atom stereocenters. The van der Waals surface area contributed by atoms with Crippen LogP contribution in [0.5, 0.6) is 0 Å². The van der Waals surface area contributed by atoms with Crippen LogP contribution in [0.3, 0.4) is 0 Å². The van der Waals surface area contributed by atoms with Gasteiger partial charge in [0, 0.05) is 20.8 Å². The molecule has 0 saturated carbocycles. The Bertz CT molecular complexity index is 872. The smallest absolute Gasteiger partial charge is 0.243 e. The molecule has 5 nitrogen and oxygen atoms in total. The van der Waals surface area contributed by atoms with Crippen molar-refractivity contribution in [2.45, 2.75) is 45.4 Å². The highest BCUT2D eigenvalue weighted by Gasteiger charge is 2.28. The summed E-state index contributed by atoms with van der Waals surface area (Å²) in [6, 6.07) is 10.9. The molecule has 0 N–H and O–H groups in total. The fourth-order valence-electron chi connectivity index (χ4n) is 2.89. The molecule has 0 saturated heterocycles. The van der Waals surface area contributed by atoms with Crippen LogP contribution >= 0.6 is 0 Å². The fourth-order valence-corrected chi connectivity index (χ4v) is 4.30. The monoisotopic (exact) mass is 391 g/mol. The van der Waals surface area contributed by atoms with Crippen LogP contribution in [0, 0.1) is 27.7 Å². The first kappa shape index (κ1) is 21.6. The zero-order valence-electron chi connectivity index (χ0n) is 16.9. The summed E-state index contributed by atoms with van der Waals surface area (Å²) in [5, 5.41) is 0. The van der Waals surface area contributed by atoms with E-state index < -0.39 is 16.3 Å². The molecule has 0 aliphatic heterocycles. The summed E-state index contributed by atoms with van der Waals surface area (Å²) in [6.07, 6.45) is -0.642. The number of methoxy groups -OCH3 is 2. The minimum Gasteiger partial charge on any atom is -0.354 e. The Balaban J connectivity index is 2.45. The first-order chi connectivity index (χ1) is 12.7. The van der Waals surface area contributed by atoms with Gasteiger partial charge in [-0.25, -0.2) is 8.42 Å². The lowest BCUT2D eigenvalue weighted by Crippen LogP contribution is -2.38. The SMILES string of the molecule is COC(CN(Cc1ccc(C)c(C)c1C)S(=O)(=O)c1ccc(C)cc1)OC. The standard InChI is InChI=1S/C21H29NO4S/c1-15-7-11-20(12-8-15)27(23,24)22(14-21(25-5)26-6)13-19-10-9-16(2)17(3)18(19)4/h7-12,21H,13-14H2,1-6H3. The van der Waals surface area contributed by atoms with Crippen molar-refractivity contribution in [2.75, 3.05) is 20.8 Å². The molecule has 0 radical (unpaired) electrons. The molecule has 2 aromatic carbocycles. The van der Waals surface area contributed by atoms with Crippen LogP contribution in [-0.2, 0) is 26.0 Å². The van der Waals surface area contributed by atoms with Gasteiger partial charge in [0.25, 0.3) is 0 Å². The van der Waals surface area contributed by atoms with Crippen molar-refractivity contribution in [3.8, 4) is 0 Å². The highest BCUT2D eigenvalue weighted by atomic mass is 32.2. The van der Waals surface area contributed by atoms with E-state index in [1.54, 1.807) is 24.3 Å². The van der Waals surface area contributed by atoms with Crippen LogP contribution in [0.15, 0.2) is 41.3 Å². The highest BCUT2D eigenvalue weighted by Crippen LogP contribution is 2.24. The van der Waals surface area contributed by atoms with Gasteiger partial charge in [0.1, 0.15) is 0 Å². The predicted octanol–water partition coefficient (Wildman–Crippen LogP) is 3.73. The second-order valence-corrected chi connectivity index (χ2v) is 8.74. The number of nitrogens with zero attached hydrogens (tertiary/aromatic N) is 1. The van der Waals surface area contributed by atoms with Crippen LogP contribution in [0.1, 0.15) is 27.8 Å². The Hall–Kier alpha value is -1.73. The minimum absolute atomic E-state index is 0.107. The van der Waals surface area contributed by atoms with Gasteiger partial charge in [0.2, 0.25) is 10.0 Å². The average molecular weight is 392 g/mol. The summed E-state index contributed by atoms with van der Waals surface area (Å²) in [5.74, 6) is 0. The molecule has 0 aliphatic rings. The van der Waals surface area contributed by atoms with E-state index in [0.29, 0.717) is 0 Å². The summed E-state index contributed by atoms with van der Waals surface area (Å²) < 4.78 is 38.5. The quantitative estimate of drug-likeness (QED) is 0.644. The summed E-state index contributed by atoms with van der Waals surface area (Å²) in [5.41, 5.74) is 5.45. The van der Waals surface area contributed by atoms with Gasteiger partial charge in [-0.15, -0.1) is 0 Å². The molecule has 0 aromatic heterocycles. The molecule has 2 rings (SSSR count). The molecule has 0 aliphatic carbocycles. The van der Waals surface area contributed by atoms with E-state index in [1.807, 2.05) is 26.0 Å². The van der Waals surface area contributed by atoms with E-state index in [-0.39, 0.29) is 18.0 Å². The molecule has 27 heavy (non-hydrogen) atoms. The van der Waals surface area contributed by atoms with Crippen LogP contribution in [0.2, 0.25) is 0 Å². The molecular formula is C21H29NO4S. The van der Waals surface area contributed by atoms with Crippen molar-refractivity contribution >= 4 is 10.0 Å². The third-order valence-corrected chi connectivity index (χ3v) is 6.88. The Morgan fingerprint density at radius 1 is 0.889 bits per heavy atom. The van der Waals surface area contributed by atoms with Crippen LogP contribution in [-0.4, -0.2) is 39.8 Å². The third-order valence-electron chi connectivity index (χ3n) is 5.05. The number of aryl methyl sites for hydroxylation is 2. The van der Waals surface area contributed by atoms with E-state index in [9.17, 15) is 8.42 Å². The fraction of sp³-hybridized carbons (Fsp3) is 0.429. The van der Waals surface area contributed by atoms with Gasteiger partial charge >= 0.3 is 0 Å². The summed E-state index contributed by atoms with van der Waals surface area (Å²) in [7, 11) is -0.686. The average Bonchev–Trinajstić information content (AvgIpc) is 2.65. The molecule has 0 fully saturated rings. The lowest BCUT2D eigenvalue weighted by atomic mass is 9.99. The predicted molar refractivity (Wildman–Crippen MR) is 107 cm³/mol. The van der Waals surface area contributed by atoms with Crippen LogP contribution in [0.25, 0.3) is 0 Å². The highest BCUT2D eigenvalue weighted by molar-refractivity contribution is 7.89. The van der Waals surface area contributed by atoms with Crippen LogP contribution < -0.4 is 0 Å². The first-order valence-corrected chi connectivity index (χ1v) is 10.3. The van der Waals surface area contributed by atoms with Crippen molar-refractivity contribution in [1.29, 1.82) is 0 Å². The lowest BCUT2D eigenvalue weighted by molar-refractivity contribution is -0.108. The summed E-state index contributed by atoms with van der Waals surface area (Å²) in [4.78, 5) is 0.264. The Morgan fingerprint density at radius 3 is 2.04 bits per heavy atom. The van der Waals surface area contributed by atoms with Crippen molar-refractivity contribution in [3.63, 3.8) is 0 Å². The molecule has 0 bridgehead atoms. The van der Waals surface area contributed by atoms with Crippen molar-refractivity contribution in [1.82, 2.24) is 4.31 Å². The molecule has 2 aromatic rings. The van der Waals surface area contributed by atoms with E-state index in [0.717, 1.165) is 16.7 Å².